The zero-order valence-electron chi connectivity index (χ0n) is 8.90. The molecule has 1 amide bonds. The number of hydrogen-bond acceptors (Lipinski definition) is 2. The average molecular weight is 254 g/mol. The molecule has 0 radical (unpaired) electrons. The molecular weight excluding hydrogens is 242 g/mol. The van der Waals surface area contributed by atoms with Crippen LogP contribution in [0.3, 0.4) is 0 Å². The molecule has 0 saturated heterocycles. The molecule has 84 valence electrons. The van der Waals surface area contributed by atoms with E-state index in [1.165, 1.54) is 0 Å². The number of carbonyl (C=O) groups excluding carboxylic acids is 1. The third-order valence-corrected chi connectivity index (χ3v) is 2.74. The van der Waals surface area contributed by atoms with E-state index in [-0.39, 0.29) is 12.5 Å². The Morgan fingerprint density at radius 3 is 2.88 bits per heavy atom. The van der Waals surface area contributed by atoms with Crippen LogP contribution in [-0.4, -0.2) is 23.9 Å². The Morgan fingerprint density at radius 2 is 2.31 bits per heavy atom. The molecule has 0 aliphatic heterocycles. The lowest BCUT2D eigenvalue weighted by molar-refractivity contribution is 0.0785. The van der Waals surface area contributed by atoms with Gasteiger partial charge < -0.3 is 4.90 Å². The monoisotopic (exact) mass is 253 g/mol. The minimum absolute atomic E-state index is 0.165. The molecule has 0 aliphatic carbocycles. The summed E-state index contributed by atoms with van der Waals surface area (Å²) in [6, 6.07) is 5.04. The number of amides is 1. The zero-order valence-corrected chi connectivity index (χ0v) is 10.6. The predicted octanol–water partition coefficient (Wildman–Crippen LogP) is 2.72. The average Bonchev–Trinajstić information content (AvgIpc) is 2.28. The summed E-state index contributed by atoms with van der Waals surface area (Å²) in [7, 11) is 0. The van der Waals surface area contributed by atoms with Crippen LogP contribution in [0.4, 0.5) is 0 Å². The standard InChI is InChI=1S/C12H12ClNOS/c1-3-7-14(4-2)12(15)10-8-9(16)5-6-11(10)13/h1,5-6,8,16H,4,7H2,2H3. The summed E-state index contributed by atoms with van der Waals surface area (Å²) in [6.45, 7) is 2.70. The molecular formula is C12H12ClNOS. The number of carbonyl (C=O) groups is 1. The minimum Gasteiger partial charge on any atom is -0.328 e. The van der Waals surface area contributed by atoms with E-state index < -0.39 is 0 Å². The van der Waals surface area contributed by atoms with Crippen molar-refractivity contribution in [1.82, 2.24) is 4.90 Å². The van der Waals surface area contributed by atoms with E-state index >= 15 is 0 Å². The SMILES string of the molecule is C#CCN(CC)C(=O)c1cc(S)ccc1Cl. The molecule has 0 saturated carbocycles. The van der Waals surface area contributed by atoms with E-state index in [0.29, 0.717) is 22.0 Å². The van der Waals surface area contributed by atoms with Crippen LogP contribution in [0.5, 0.6) is 0 Å². The van der Waals surface area contributed by atoms with E-state index in [1.807, 2.05) is 6.92 Å². The Kier molecular flexibility index (Phi) is 4.72. The van der Waals surface area contributed by atoms with Gasteiger partial charge in [-0.25, -0.2) is 0 Å². The van der Waals surface area contributed by atoms with Crippen LogP contribution in [0.2, 0.25) is 5.02 Å². The Labute approximate surface area is 106 Å². The first-order chi connectivity index (χ1) is 7.60. The van der Waals surface area contributed by atoms with Gasteiger partial charge in [0.1, 0.15) is 0 Å². The van der Waals surface area contributed by atoms with Crippen LogP contribution in [0.25, 0.3) is 0 Å². The van der Waals surface area contributed by atoms with Crippen molar-refractivity contribution in [2.24, 2.45) is 0 Å². The van der Waals surface area contributed by atoms with Crippen LogP contribution < -0.4 is 0 Å². The van der Waals surface area contributed by atoms with Gasteiger partial charge in [0, 0.05) is 11.4 Å². The fraction of sp³-hybridized carbons (Fsp3) is 0.250. The van der Waals surface area contributed by atoms with Crippen molar-refractivity contribution in [2.75, 3.05) is 13.1 Å². The highest BCUT2D eigenvalue weighted by Gasteiger charge is 2.16. The second kappa shape index (κ2) is 5.83. The summed E-state index contributed by atoms with van der Waals surface area (Å²) in [5, 5.41) is 0.415. The van der Waals surface area contributed by atoms with Gasteiger partial charge in [-0.1, -0.05) is 17.5 Å². The molecule has 1 aromatic rings. The summed E-state index contributed by atoms with van der Waals surface area (Å²) in [6.07, 6.45) is 5.20. The molecule has 1 aromatic carbocycles. The highest BCUT2D eigenvalue weighted by molar-refractivity contribution is 7.80. The van der Waals surface area contributed by atoms with Crippen molar-refractivity contribution in [3.63, 3.8) is 0 Å². The summed E-state index contributed by atoms with van der Waals surface area (Å²) in [5.74, 6) is 2.28. The molecule has 0 aromatic heterocycles. The van der Waals surface area contributed by atoms with Gasteiger partial charge in [0.15, 0.2) is 0 Å². The molecule has 2 nitrogen and oxygen atoms in total. The third-order valence-electron chi connectivity index (χ3n) is 2.13. The zero-order chi connectivity index (χ0) is 12.1. The van der Waals surface area contributed by atoms with Crippen molar-refractivity contribution in [3.8, 4) is 12.3 Å². The van der Waals surface area contributed by atoms with Crippen molar-refractivity contribution >= 4 is 30.1 Å². The second-order valence-electron chi connectivity index (χ2n) is 3.19. The Bertz CT molecular complexity index is 439. The van der Waals surface area contributed by atoms with Crippen molar-refractivity contribution in [1.29, 1.82) is 0 Å². The maximum Gasteiger partial charge on any atom is 0.256 e. The number of nitrogens with zero attached hydrogens (tertiary/aromatic N) is 1. The number of terminal acetylenes is 1. The van der Waals surface area contributed by atoms with Gasteiger partial charge in [0.05, 0.1) is 17.1 Å². The normalized spacial score (nSPS) is 9.62. The second-order valence-corrected chi connectivity index (χ2v) is 4.11. The lowest BCUT2D eigenvalue weighted by Gasteiger charge is -2.18. The van der Waals surface area contributed by atoms with Crippen LogP contribution in [0, 0.1) is 12.3 Å². The topological polar surface area (TPSA) is 20.3 Å². The highest BCUT2D eigenvalue weighted by Crippen LogP contribution is 2.21. The lowest BCUT2D eigenvalue weighted by Crippen LogP contribution is -2.31. The van der Waals surface area contributed by atoms with Crippen molar-refractivity contribution in [2.45, 2.75) is 11.8 Å². The van der Waals surface area contributed by atoms with E-state index in [4.69, 9.17) is 18.0 Å². The Balaban J connectivity index is 3.03. The molecule has 0 heterocycles. The summed E-state index contributed by atoms with van der Waals surface area (Å²) in [5.41, 5.74) is 0.436. The van der Waals surface area contributed by atoms with E-state index in [0.717, 1.165) is 0 Å². The summed E-state index contributed by atoms with van der Waals surface area (Å²) in [4.78, 5) is 14.3. The van der Waals surface area contributed by atoms with E-state index in [2.05, 4.69) is 18.5 Å². The van der Waals surface area contributed by atoms with Crippen LogP contribution >= 0.6 is 24.2 Å². The molecule has 0 N–H and O–H groups in total. The summed E-state index contributed by atoms with van der Waals surface area (Å²) < 4.78 is 0. The molecule has 4 heteroatoms. The minimum atomic E-state index is -0.165. The predicted molar refractivity (Wildman–Crippen MR) is 69.1 cm³/mol. The Hall–Kier alpha value is -1.11. The van der Waals surface area contributed by atoms with E-state index in [9.17, 15) is 4.79 Å². The molecule has 0 unspecified atom stereocenters. The van der Waals surface area contributed by atoms with Crippen LogP contribution in [0.15, 0.2) is 23.1 Å². The maximum atomic E-state index is 12.1. The van der Waals surface area contributed by atoms with Gasteiger partial charge >= 0.3 is 0 Å². The van der Waals surface area contributed by atoms with E-state index in [1.54, 1.807) is 23.1 Å². The number of benzene rings is 1. The molecule has 0 atom stereocenters. The van der Waals surface area contributed by atoms with Gasteiger partial charge in [-0.05, 0) is 25.1 Å². The first-order valence-electron chi connectivity index (χ1n) is 4.81. The molecule has 0 aliphatic rings. The van der Waals surface area contributed by atoms with Gasteiger partial charge in [-0.15, -0.1) is 19.1 Å². The van der Waals surface area contributed by atoms with Crippen LogP contribution in [-0.2, 0) is 0 Å². The number of rotatable bonds is 3. The molecule has 0 spiro atoms. The Morgan fingerprint density at radius 1 is 1.62 bits per heavy atom. The third kappa shape index (κ3) is 2.94. The number of halogens is 1. The molecule has 0 bridgehead atoms. The fourth-order valence-corrected chi connectivity index (χ4v) is 1.69. The smallest absolute Gasteiger partial charge is 0.256 e. The van der Waals surface area contributed by atoms with Crippen LogP contribution in [0.1, 0.15) is 17.3 Å². The summed E-state index contributed by atoms with van der Waals surface area (Å²) >= 11 is 10.1. The molecule has 16 heavy (non-hydrogen) atoms. The highest BCUT2D eigenvalue weighted by atomic mass is 35.5. The van der Waals surface area contributed by atoms with Gasteiger partial charge in [0.25, 0.3) is 5.91 Å². The maximum absolute atomic E-state index is 12.1. The molecule has 1 rings (SSSR count). The van der Waals surface area contributed by atoms with Gasteiger partial charge in [-0.2, -0.15) is 0 Å². The largest absolute Gasteiger partial charge is 0.328 e. The van der Waals surface area contributed by atoms with Gasteiger partial charge in [-0.3, -0.25) is 4.79 Å². The van der Waals surface area contributed by atoms with Gasteiger partial charge in [0.2, 0.25) is 0 Å². The molecule has 0 fully saturated rings. The first-order valence-corrected chi connectivity index (χ1v) is 5.64. The first kappa shape index (κ1) is 13.0. The van der Waals surface area contributed by atoms with Crippen molar-refractivity contribution in [3.05, 3.63) is 28.8 Å². The fourth-order valence-electron chi connectivity index (χ4n) is 1.28. The van der Waals surface area contributed by atoms with Crippen molar-refractivity contribution < 1.29 is 4.79 Å². The number of thiol groups is 1. The lowest BCUT2D eigenvalue weighted by atomic mass is 10.2. The number of hydrogen-bond donors (Lipinski definition) is 1. The quantitative estimate of drug-likeness (QED) is 0.649.